The van der Waals surface area contributed by atoms with E-state index in [1.165, 1.54) is 5.56 Å². The van der Waals surface area contributed by atoms with Gasteiger partial charge in [0.1, 0.15) is 0 Å². The summed E-state index contributed by atoms with van der Waals surface area (Å²) >= 11 is 0. The summed E-state index contributed by atoms with van der Waals surface area (Å²) in [5.74, 6) is 0.300. The van der Waals surface area contributed by atoms with Crippen molar-refractivity contribution in [2.45, 2.75) is 19.8 Å². The zero-order valence-electron chi connectivity index (χ0n) is 13.9. The second-order valence-corrected chi connectivity index (χ2v) is 6.16. The molecule has 124 valence electrons. The van der Waals surface area contributed by atoms with E-state index in [2.05, 4.69) is 24.5 Å². The standard InChI is InChI=1S/C19H21N3O2/c1-13(2)14-3-5-15(6-4-14)18(23)21-16-7-9-17(10-8-16)22-12-11-20-19(22)24/h3-10,13H,11-12H2,1-2H3,(H,20,24)(H,21,23). The lowest BCUT2D eigenvalue weighted by Gasteiger charge is -2.14. The molecule has 0 aliphatic carbocycles. The molecule has 2 aromatic rings. The molecule has 0 atom stereocenters. The minimum Gasteiger partial charge on any atom is -0.336 e. The molecule has 1 aliphatic heterocycles. The third-order valence-electron chi connectivity index (χ3n) is 4.13. The van der Waals surface area contributed by atoms with E-state index in [9.17, 15) is 9.59 Å². The van der Waals surface area contributed by atoms with E-state index in [1.54, 1.807) is 17.0 Å². The van der Waals surface area contributed by atoms with Gasteiger partial charge in [0.05, 0.1) is 0 Å². The molecule has 2 aromatic carbocycles. The first kappa shape index (κ1) is 16.1. The fourth-order valence-electron chi connectivity index (χ4n) is 2.67. The van der Waals surface area contributed by atoms with Gasteiger partial charge in [-0.3, -0.25) is 9.69 Å². The molecule has 0 bridgehead atoms. The Morgan fingerprint density at radius 1 is 1.08 bits per heavy atom. The van der Waals surface area contributed by atoms with E-state index in [1.807, 2.05) is 36.4 Å². The van der Waals surface area contributed by atoms with E-state index in [0.29, 0.717) is 30.3 Å². The molecule has 3 rings (SSSR count). The maximum Gasteiger partial charge on any atom is 0.321 e. The Labute approximate surface area is 141 Å². The third kappa shape index (κ3) is 3.40. The van der Waals surface area contributed by atoms with E-state index in [4.69, 9.17) is 0 Å². The van der Waals surface area contributed by atoms with Crippen LogP contribution in [-0.4, -0.2) is 25.0 Å². The number of carbonyl (C=O) groups is 2. The SMILES string of the molecule is CC(C)c1ccc(C(=O)Nc2ccc(N3CCNC3=O)cc2)cc1. The van der Waals surface area contributed by atoms with Crippen LogP contribution in [0, 0.1) is 0 Å². The molecule has 1 saturated heterocycles. The van der Waals surface area contributed by atoms with Gasteiger partial charge < -0.3 is 10.6 Å². The van der Waals surface area contributed by atoms with Crippen molar-refractivity contribution in [1.29, 1.82) is 0 Å². The van der Waals surface area contributed by atoms with Crippen molar-refractivity contribution in [3.8, 4) is 0 Å². The van der Waals surface area contributed by atoms with Gasteiger partial charge in [-0.2, -0.15) is 0 Å². The van der Waals surface area contributed by atoms with Gasteiger partial charge in [0.2, 0.25) is 0 Å². The normalized spacial score (nSPS) is 14.0. The molecule has 5 heteroatoms. The van der Waals surface area contributed by atoms with Gasteiger partial charge in [0, 0.05) is 30.0 Å². The van der Waals surface area contributed by atoms with Crippen LogP contribution in [0.2, 0.25) is 0 Å². The lowest BCUT2D eigenvalue weighted by atomic mass is 10.0. The van der Waals surface area contributed by atoms with Gasteiger partial charge in [-0.1, -0.05) is 26.0 Å². The monoisotopic (exact) mass is 323 g/mol. The predicted molar refractivity (Wildman–Crippen MR) is 95.7 cm³/mol. The summed E-state index contributed by atoms with van der Waals surface area (Å²) in [6.45, 7) is 5.56. The Kier molecular flexibility index (Phi) is 4.51. The van der Waals surface area contributed by atoms with Gasteiger partial charge in [-0.05, 0) is 47.9 Å². The van der Waals surface area contributed by atoms with E-state index >= 15 is 0 Å². The zero-order chi connectivity index (χ0) is 17.1. The molecule has 5 nitrogen and oxygen atoms in total. The smallest absolute Gasteiger partial charge is 0.321 e. The summed E-state index contributed by atoms with van der Waals surface area (Å²) in [7, 11) is 0. The number of rotatable bonds is 4. The highest BCUT2D eigenvalue weighted by atomic mass is 16.2. The Morgan fingerprint density at radius 2 is 1.75 bits per heavy atom. The van der Waals surface area contributed by atoms with Crippen molar-refractivity contribution in [2.24, 2.45) is 0 Å². The summed E-state index contributed by atoms with van der Waals surface area (Å²) in [6, 6.07) is 14.8. The minimum absolute atomic E-state index is 0.0861. The molecule has 0 unspecified atom stereocenters. The van der Waals surface area contributed by atoms with E-state index in [-0.39, 0.29) is 11.9 Å². The molecule has 2 N–H and O–H groups in total. The summed E-state index contributed by atoms with van der Waals surface area (Å²) in [6.07, 6.45) is 0. The summed E-state index contributed by atoms with van der Waals surface area (Å²) < 4.78 is 0. The number of carbonyl (C=O) groups excluding carboxylic acids is 2. The van der Waals surface area contributed by atoms with Crippen LogP contribution in [0.4, 0.5) is 16.2 Å². The number of anilines is 2. The topological polar surface area (TPSA) is 61.4 Å². The van der Waals surface area contributed by atoms with E-state index < -0.39 is 0 Å². The number of nitrogens with zero attached hydrogens (tertiary/aromatic N) is 1. The highest BCUT2D eigenvalue weighted by molar-refractivity contribution is 6.04. The van der Waals surface area contributed by atoms with Gasteiger partial charge in [0.15, 0.2) is 0 Å². The summed E-state index contributed by atoms with van der Waals surface area (Å²) in [5, 5.41) is 5.64. The lowest BCUT2D eigenvalue weighted by Crippen LogP contribution is -2.27. The first-order valence-corrected chi connectivity index (χ1v) is 8.11. The number of hydrogen-bond acceptors (Lipinski definition) is 2. The molecule has 0 aromatic heterocycles. The van der Waals surface area contributed by atoms with Gasteiger partial charge >= 0.3 is 6.03 Å². The second kappa shape index (κ2) is 6.74. The molecular formula is C19H21N3O2. The average Bonchev–Trinajstić information content (AvgIpc) is 3.01. The number of benzene rings is 2. The van der Waals surface area contributed by atoms with Crippen molar-refractivity contribution < 1.29 is 9.59 Å². The fourth-order valence-corrected chi connectivity index (χ4v) is 2.67. The van der Waals surface area contributed by atoms with Crippen LogP contribution >= 0.6 is 0 Å². The van der Waals surface area contributed by atoms with Gasteiger partial charge in [-0.15, -0.1) is 0 Å². The Bertz CT molecular complexity index is 736. The predicted octanol–water partition coefficient (Wildman–Crippen LogP) is 3.59. The van der Waals surface area contributed by atoms with Gasteiger partial charge in [0.25, 0.3) is 5.91 Å². The Balaban J connectivity index is 1.67. The Hall–Kier alpha value is -2.82. The van der Waals surface area contributed by atoms with Crippen LogP contribution in [0.1, 0.15) is 35.7 Å². The number of hydrogen-bond donors (Lipinski definition) is 2. The lowest BCUT2D eigenvalue weighted by molar-refractivity contribution is 0.102. The quantitative estimate of drug-likeness (QED) is 0.903. The molecule has 3 amide bonds. The minimum atomic E-state index is -0.142. The zero-order valence-corrected chi connectivity index (χ0v) is 13.9. The van der Waals surface area contributed by atoms with Crippen LogP contribution in [0.5, 0.6) is 0 Å². The number of urea groups is 1. The molecule has 24 heavy (non-hydrogen) atoms. The van der Waals surface area contributed by atoms with Crippen LogP contribution in [0.25, 0.3) is 0 Å². The largest absolute Gasteiger partial charge is 0.336 e. The van der Waals surface area contributed by atoms with Crippen molar-refractivity contribution in [3.05, 3.63) is 59.7 Å². The maximum atomic E-state index is 12.3. The number of amides is 3. The maximum absolute atomic E-state index is 12.3. The average molecular weight is 323 g/mol. The van der Waals surface area contributed by atoms with E-state index in [0.717, 1.165) is 5.69 Å². The molecule has 0 radical (unpaired) electrons. The highest BCUT2D eigenvalue weighted by Gasteiger charge is 2.20. The van der Waals surface area contributed by atoms with Crippen LogP contribution in [-0.2, 0) is 0 Å². The van der Waals surface area contributed by atoms with Crippen molar-refractivity contribution in [2.75, 3.05) is 23.3 Å². The van der Waals surface area contributed by atoms with Crippen molar-refractivity contribution in [1.82, 2.24) is 5.32 Å². The van der Waals surface area contributed by atoms with Crippen LogP contribution in [0.15, 0.2) is 48.5 Å². The molecule has 1 aliphatic rings. The van der Waals surface area contributed by atoms with Gasteiger partial charge in [-0.25, -0.2) is 4.79 Å². The second-order valence-electron chi connectivity index (χ2n) is 6.16. The molecule has 1 fully saturated rings. The summed E-state index contributed by atoms with van der Waals surface area (Å²) in [4.78, 5) is 25.6. The first-order chi connectivity index (χ1) is 11.5. The molecule has 1 heterocycles. The molecule has 0 spiro atoms. The Morgan fingerprint density at radius 3 is 2.29 bits per heavy atom. The molecule has 0 saturated carbocycles. The van der Waals surface area contributed by atoms with Crippen molar-refractivity contribution in [3.63, 3.8) is 0 Å². The fraction of sp³-hybridized carbons (Fsp3) is 0.263. The van der Waals surface area contributed by atoms with Crippen LogP contribution < -0.4 is 15.5 Å². The molecular weight excluding hydrogens is 302 g/mol. The number of nitrogens with one attached hydrogen (secondary N) is 2. The van der Waals surface area contributed by atoms with Crippen LogP contribution in [0.3, 0.4) is 0 Å². The third-order valence-corrected chi connectivity index (χ3v) is 4.13. The first-order valence-electron chi connectivity index (χ1n) is 8.11. The highest BCUT2D eigenvalue weighted by Crippen LogP contribution is 2.20. The van der Waals surface area contributed by atoms with Crippen molar-refractivity contribution >= 4 is 23.3 Å². The summed E-state index contributed by atoms with van der Waals surface area (Å²) in [5.41, 5.74) is 3.36.